The van der Waals surface area contributed by atoms with Crippen LogP contribution in [0.25, 0.3) is 28.6 Å². The summed E-state index contributed by atoms with van der Waals surface area (Å²) in [6.07, 6.45) is 3.18. The molecule has 1 aromatic heterocycles. The van der Waals surface area contributed by atoms with Crippen LogP contribution in [-0.2, 0) is 4.79 Å². The van der Waals surface area contributed by atoms with Crippen LogP contribution >= 0.6 is 23.2 Å². The minimum absolute atomic E-state index is 0.246. The van der Waals surface area contributed by atoms with Gasteiger partial charge in [0, 0.05) is 33.4 Å². The van der Waals surface area contributed by atoms with E-state index in [0.29, 0.717) is 32.7 Å². The van der Waals surface area contributed by atoms with E-state index in [0.717, 1.165) is 11.1 Å². The predicted molar refractivity (Wildman–Crippen MR) is 114 cm³/mol. The largest absolute Gasteiger partial charge is 0.436 e. The summed E-state index contributed by atoms with van der Waals surface area (Å²) in [5.41, 5.74) is 3.57. The number of nitrogens with one attached hydrogen (secondary N) is 1. The molecule has 4 aromatic rings. The van der Waals surface area contributed by atoms with E-state index >= 15 is 0 Å². The first-order valence-corrected chi connectivity index (χ1v) is 9.23. The van der Waals surface area contributed by atoms with E-state index in [-0.39, 0.29) is 5.91 Å². The van der Waals surface area contributed by atoms with Crippen LogP contribution in [0, 0.1) is 0 Å². The lowest BCUT2D eigenvalue weighted by atomic mass is 10.2. The summed E-state index contributed by atoms with van der Waals surface area (Å²) in [6.45, 7) is 0. The minimum atomic E-state index is -0.246. The van der Waals surface area contributed by atoms with Crippen molar-refractivity contribution in [3.63, 3.8) is 0 Å². The van der Waals surface area contributed by atoms with Gasteiger partial charge in [0.05, 0.1) is 0 Å². The summed E-state index contributed by atoms with van der Waals surface area (Å²) >= 11 is 11.9. The Kier molecular flexibility index (Phi) is 5.15. The van der Waals surface area contributed by atoms with E-state index in [1.54, 1.807) is 48.5 Å². The first kappa shape index (κ1) is 18.3. The Morgan fingerprint density at radius 1 is 0.964 bits per heavy atom. The molecule has 0 saturated carbocycles. The lowest BCUT2D eigenvalue weighted by molar-refractivity contribution is -0.111. The topological polar surface area (TPSA) is 55.1 Å². The number of aromatic nitrogens is 1. The smallest absolute Gasteiger partial charge is 0.248 e. The van der Waals surface area contributed by atoms with E-state index in [2.05, 4.69) is 10.3 Å². The molecule has 138 valence electrons. The van der Waals surface area contributed by atoms with E-state index in [4.69, 9.17) is 27.6 Å². The van der Waals surface area contributed by atoms with Gasteiger partial charge in [0.25, 0.3) is 0 Å². The van der Waals surface area contributed by atoms with Gasteiger partial charge in [-0.25, -0.2) is 4.98 Å². The third-order valence-corrected chi connectivity index (χ3v) is 4.51. The number of benzene rings is 3. The number of carbonyl (C=O) groups is 1. The zero-order valence-electron chi connectivity index (χ0n) is 14.5. The average Bonchev–Trinajstić information content (AvgIpc) is 3.11. The van der Waals surface area contributed by atoms with Gasteiger partial charge in [-0.1, -0.05) is 41.4 Å². The van der Waals surface area contributed by atoms with Crippen molar-refractivity contribution in [2.24, 2.45) is 0 Å². The van der Waals surface area contributed by atoms with Crippen LogP contribution in [0.5, 0.6) is 0 Å². The fourth-order valence-electron chi connectivity index (χ4n) is 2.68. The van der Waals surface area contributed by atoms with Gasteiger partial charge in [-0.15, -0.1) is 0 Å². The van der Waals surface area contributed by atoms with Crippen molar-refractivity contribution < 1.29 is 9.21 Å². The highest BCUT2D eigenvalue weighted by Crippen LogP contribution is 2.27. The van der Waals surface area contributed by atoms with Crippen molar-refractivity contribution in [3.05, 3.63) is 88.4 Å². The summed E-state index contributed by atoms with van der Waals surface area (Å²) in [4.78, 5) is 16.6. The van der Waals surface area contributed by atoms with Crippen LogP contribution in [-0.4, -0.2) is 10.9 Å². The number of hydrogen-bond acceptors (Lipinski definition) is 3. The lowest BCUT2D eigenvalue weighted by Gasteiger charge is -2.01. The van der Waals surface area contributed by atoms with Crippen LogP contribution in [0.1, 0.15) is 5.56 Å². The second-order valence-corrected chi connectivity index (χ2v) is 6.96. The van der Waals surface area contributed by atoms with Crippen LogP contribution in [0.3, 0.4) is 0 Å². The van der Waals surface area contributed by atoms with Crippen molar-refractivity contribution >= 4 is 52.0 Å². The van der Waals surface area contributed by atoms with E-state index in [1.807, 2.05) is 24.3 Å². The molecule has 0 bridgehead atoms. The fourth-order valence-corrected chi connectivity index (χ4v) is 2.99. The molecule has 28 heavy (non-hydrogen) atoms. The lowest BCUT2D eigenvalue weighted by Crippen LogP contribution is -2.07. The molecular weight excluding hydrogens is 395 g/mol. The maximum absolute atomic E-state index is 12.2. The van der Waals surface area contributed by atoms with Crippen LogP contribution in [0.15, 0.2) is 77.2 Å². The molecule has 0 aliphatic heterocycles. The summed E-state index contributed by atoms with van der Waals surface area (Å²) in [5, 5.41) is 4.08. The van der Waals surface area contributed by atoms with Crippen molar-refractivity contribution in [1.82, 2.24) is 4.98 Å². The van der Waals surface area contributed by atoms with Gasteiger partial charge in [-0.2, -0.15) is 0 Å². The summed E-state index contributed by atoms with van der Waals surface area (Å²) in [6, 6.07) is 19.8. The molecular formula is C22H14Cl2N2O2. The normalized spacial score (nSPS) is 11.2. The molecule has 0 saturated heterocycles. The van der Waals surface area contributed by atoms with Gasteiger partial charge in [0.2, 0.25) is 11.8 Å². The van der Waals surface area contributed by atoms with Gasteiger partial charge in [0.15, 0.2) is 5.58 Å². The Bertz CT molecular complexity index is 1180. The standard InChI is InChI=1S/C22H14Cl2N2O2/c23-16-7-4-14(5-8-16)6-11-21(27)25-18-9-10-19-20(13-18)28-22(26-19)15-2-1-3-17(24)12-15/h1-13H,(H,25,27)/b11-6+. The predicted octanol–water partition coefficient (Wildman–Crippen LogP) is 6.45. The van der Waals surface area contributed by atoms with Gasteiger partial charge < -0.3 is 9.73 Å². The Morgan fingerprint density at radius 3 is 2.57 bits per heavy atom. The molecule has 0 aliphatic carbocycles. The van der Waals surface area contributed by atoms with Crippen molar-refractivity contribution in [2.45, 2.75) is 0 Å². The SMILES string of the molecule is O=C(/C=C/c1ccc(Cl)cc1)Nc1ccc2nc(-c3cccc(Cl)c3)oc2c1. The summed E-state index contributed by atoms with van der Waals surface area (Å²) < 4.78 is 5.82. The first-order chi connectivity index (χ1) is 13.6. The fraction of sp³-hybridized carbons (Fsp3) is 0. The number of anilines is 1. The molecule has 1 N–H and O–H groups in total. The highest BCUT2D eigenvalue weighted by Gasteiger charge is 2.10. The molecule has 0 aliphatic rings. The average molecular weight is 409 g/mol. The Balaban J connectivity index is 1.51. The van der Waals surface area contributed by atoms with Gasteiger partial charge in [0.1, 0.15) is 5.52 Å². The monoisotopic (exact) mass is 408 g/mol. The number of hydrogen-bond donors (Lipinski definition) is 1. The number of amides is 1. The Labute approximate surface area is 171 Å². The highest BCUT2D eigenvalue weighted by atomic mass is 35.5. The number of oxazole rings is 1. The third kappa shape index (κ3) is 4.25. The van der Waals surface area contributed by atoms with Gasteiger partial charge >= 0.3 is 0 Å². The van der Waals surface area contributed by atoms with Crippen molar-refractivity contribution in [3.8, 4) is 11.5 Å². The van der Waals surface area contributed by atoms with E-state index in [9.17, 15) is 4.79 Å². The van der Waals surface area contributed by atoms with E-state index < -0.39 is 0 Å². The maximum atomic E-state index is 12.2. The number of halogens is 2. The van der Waals surface area contributed by atoms with Crippen molar-refractivity contribution in [1.29, 1.82) is 0 Å². The maximum Gasteiger partial charge on any atom is 0.248 e. The minimum Gasteiger partial charge on any atom is -0.436 e. The number of fused-ring (bicyclic) bond motifs is 1. The quantitative estimate of drug-likeness (QED) is 0.394. The second-order valence-electron chi connectivity index (χ2n) is 6.09. The third-order valence-electron chi connectivity index (χ3n) is 4.02. The molecule has 0 spiro atoms. The molecule has 0 atom stereocenters. The Hall–Kier alpha value is -3.08. The zero-order valence-corrected chi connectivity index (χ0v) is 16.0. The summed E-state index contributed by atoms with van der Waals surface area (Å²) in [7, 11) is 0. The van der Waals surface area contributed by atoms with Gasteiger partial charge in [-0.3, -0.25) is 4.79 Å². The van der Waals surface area contributed by atoms with Crippen molar-refractivity contribution in [2.75, 3.05) is 5.32 Å². The summed E-state index contributed by atoms with van der Waals surface area (Å²) in [5.74, 6) is 0.229. The molecule has 0 fully saturated rings. The molecule has 3 aromatic carbocycles. The zero-order chi connectivity index (χ0) is 19.5. The number of nitrogens with zero attached hydrogens (tertiary/aromatic N) is 1. The molecule has 1 amide bonds. The molecule has 0 radical (unpaired) electrons. The highest BCUT2D eigenvalue weighted by molar-refractivity contribution is 6.31. The first-order valence-electron chi connectivity index (χ1n) is 8.48. The Morgan fingerprint density at radius 2 is 1.79 bits per heavy atom. The van der Waals surface area contributed by atoms with Crippen LogP contribution in [0.4, 0.5) is 5.69 Å². The number of carbonyl (C=O) groups excluding carboxylic acids is 1. The molecule has 6 heteroatoms. The van der Waals surface area contributed by atoms with Crippen LogP contribution < -0.4 is 5.32 Å². The van der Waals surface area contributed by atoms with E-state index in [1.165, 1.54) is 6.08 Å². The molecule has 1 heterocycles. The molecule has 4 rings (SSSR count). The number of rotatable bonds is 4. The van der Waals surface area contributed by atoms with Crippen LogP contribution in [0.2, 0.25) is 10.0 Å². The molecule has 0 unspecified atom stereocenters. The van der Waals surface area contributed by atoms with Gasteiger partial charge in [-0.05, 0) is 54.1 Å². The molecule has 4 nitrogen and oxygen atoms in total. The second kappa shape index (κ2) is 7.89.